The average molecular weight is 407 g/mol. The number of aliphatic imine (C=N–C) groups is 1. The summed E-state index contributed by atoms with van der Waals surface area (Å²) in [7, 11) is 0. The zero-order chi connectivity index (χ0) is 21.5. The van der Waals surface area contributed by atoms with Crippen LogP contribution in [-0.2, 0) is 9.53 Å². The number of hydrogen-bond donors (Lipinski definition) is 1. The van der Waals surface area contributed by atoms with Crippen molar-refractivity contribution in [3.05, 3.63) is 58.6 Å². The molecule has 156 valence electrons. The summed E-state index contributed by atoms with van der Waals surface area (Å²) in [5.74, 6) is 0.807. The van der Waals surface area contributed by atoms with E-state index < -0.39 is 0 Å². The van der Waals surface area contributed by atoms with E-state index in [1.54, 1.807) is 18.2 Å². The minimum absolute atomic E-state index is 0.0388. The molecule has 28 heavy (non-hydrogen) atoms. The van der Waals surface area contributed by atoms with Gasteiger partial charge in [-0.15, -0.1) is 0 Å². The zero-order valence-electron chi connectivity index (χ0n) is 18.0. The van der Waals surface area contributed by atoms with E-state index in [0.29, 0.717) is 48.7 Å². The van der Waals surface area contributed by atoms with Gasteiger partial charge in [0.25, 0.3) is 0 Å². The first-order chi connectivity index (χ1) is 13.5. The Morgan fingerprint density at radius 2 is 2.00 bits per heavy atom. The summed E-state index contributed by atoms with van der Waals surface area (Å²) in [6.07, 6.45) is 10.2. The minimum Gasteiger partial charge on any atom is -0.498 e. The molecular formula is C23H35ClN2O2. The summed E-state index contributed by atoms with van der Waals surface area (Å²) in [5.41, 5.74) is 8.61. The van der Waals surface area contributed by atoms with Gasteiger partial charge < -0.3 is 10.5 Å². The Labute approximate surface area is 175 Å². The summed E-state index contributed by atoms with van der Waals surface area (Å²) in [6.45, 7) is 14.1. The predicted octanol–water partition coefficient (Wildman–Crippen LogP) is 6.35. The van der Waals surface area contributed by atoms with Crippen LogP contribution in [0.15, 0.2) is 63.6 Å². The number of Topliss-reactive ketones (excluding diaryl/α,β-unsaturated/α-hetero) is 1. The molecule has 0 amide bonds. The lowest BCUT2D eigenvalue weighted by Crippen LogP contribution is -2.21. The fourth-order valence-electron chi connectivity index (χ4n) is 2.59. The molecular weight excluding hydrogens is 372 g/mol. The van der Waals surface area contributed by atoms with Crippen LogP contribution < -0.4 is 5.73 Å². The number of hydrogen-bond acceptors (Lipinski definition) is 4. The van der Waals surface area contributed by atoms with Crippen molar-refractivity contribution in [3.8, 4) is 0 Å². The van der Waals surface area contributed by atoms with Gasteiger partial charge >= 0.3 is 0 Å². The fourth-order valence-corrected chi connectivity index (χ4v) is 2.83. The van der Waals surface area contributed by atoms with Crippen LogP contribution >= 0.6 is 11.6 Å². The number of rotatable bonds is 9. The van der Waals surface area contributed by atoms with Gasteiger partial charge in [-0.25, -0.2) is 0 Å². The number of carbonyl (C=O) groups excluding carboxylic acids is 1. The van der Waals surface area contributed by atoms with E-state index in [1.165, 1.54) is 0 Å². The summed E-state index contributed by atoms with van der Waals surface area (Å²) < 4.78 is 5.65. The maximum Gasteiger partial charge on any atom is 0.178 e. The Balaban J connectivity index is 0.00000352. The Morgan fingerprint density at radius 3 is 2.54 bits per heavy atom. The molecule has 0 aliphatic heterocycles. The molecule has 4 nitrogen and oxygen atoms in total. The highest BCUT2D eigenvalue weighted by atomic mass is 35.5. The minimum atomic E-state index is -0.0388. The third kappa shape index (κ3) is 8.30. The van der Waals surface area contributed by atoms with Gasteiger partial charge in [0.05, 0.1) is 34.5 Å². The number of ketones is 1. The highest BCUT2D eigenvalue weighted by Gasteiger charge is 2.21. The molecule has 0 saturated carbocycles. The molecule has 0 atom stereocenters. The fraction of sp³-hybridized carbons (Fsp3) is 0.478. The Bertz CT molecular complexity index is 683. The molecule has 2 N–H and O–H groups in total. The second-order valence-corrected chi connectivity index (χ2v) is 6.26. The van der Waals surface area contributed by atoms with Crippen molar-refractivity contribution in [2.75, 3.05) is 6.61 Å². The first-order valence-electron chi connectivity index (χ1n) is 10.1. The highest BCUT2D eigenvalue weighted by Crippen LogP contribution is 2.27. The second-order valence-electron chi connectivity index (χ2n) is 5.85. The van der Waals surface area contributed by atoms with Gasteiger partial charge in [0.1, 0.15) is 0 Å². The maximum absolute atomic E-state index is 12.3. The third-order valence-corrected chi connectivity index (χ3v) is 4.25. The monoisotopic (exact) mass is 406 g/mol. The van der Waals surface area contributed by atoms with Gasteiger partial charge in [0.15, 0.2) is 5.78 Å². The normalized spacial score (nSPS) is 18.1. The van der Waals surface area contributed by atoms with E-state index in [4.69, 9.17) is 27.1 Å². The molecule has 0 aromatic heterocycles. The van der Waals surface area contributed by atoms with Gasteiger partial charge in [-0.1, -0.05) is 58.0 Å². The molecule has 0 spiro atoms. The van der Waals surface area contributed by atoms with Crippen molar-refractivity contribution in [2.24, 2.45) is 10.7 Å². The van der Waals surface area contributed by atoms with Crippen LogP contribution in [0.3, 0.4) is 0 Å². The highest BCUT2D eigenvalue weighted by molar-refractivity contribution is 6.31. The van der Waals surface area contributed by atoms with Crippen LogP contribution in [0, 0.1) is 0 Å². The van der Waals surface area contributed by atoms with Crippen LogP contribution in [-0.4, -0.2) is 18.1 Å². The molecule has 0 fully saturated rings. The SMILES string of the molecule is C=C\C=C/C(Cl)=C(CC)/N=C1\C=C(OCC)CC\C1=C(\N)C(=O)CCC.CC. The number of nitrogens with zero attached hydrogens (tertiary/aromatic N) is 1. The van der Waals surface area contributed by atoms with Gasteiger partial charge in [-0.2, -0.15) is 0 Å². The largest absolute Gasteiger partial charge is 0.498 e. The number of allylic oxidation sites excluding steroid dienone is 9. The van der Waals surface area contributed by atoms with E-state index in [-0.39, 0.29) is 5.78 Å². The van der Waals surface area contributed by atoms with Gasteiger partial charge in [-0.05, 0) is 32.3 Å². The van der Waals surface area contributed by atoms with Gasteiger partial charge in [0.2, 0.25) is 0 Å². The van der Waals surface area contributed by atoms with E-state index in [0.717, 1.165) is 23.5 Å². The van der Waals surface area contributed by atoms with Gasteiger partial charge in [-0.3, -0.25) is 9.79 Å². The van der Waals surface area contributed by atoms with E-state index in [2.05, 4.69) is 6.58 Å². The van der Waals surface area contributed by atoms with Crippen molar-refractivity contribution in [1.82, 2.24) is 0 Å². The smallest absolute Gasteiger partial charge is 0.178 e. The van der Waals surface area contributed by atoms with Crippen LogP contribution in [0.5, 0.6) is 0 Å². The Hall–Kier alpha value is -2.07. The molecule has 0 bridgehead atoms. The lowest BCUT2D eigenvalue weighted by Gasteiger charge is -2.20. The number of carbonyl (C=O) groups is 1. The second kappa shape index (κ2) is 14.9. The third-order valence-electron chi connectivity index (χ3n) is 3.91. The topological polar surface area (TPSA) is 64.7 Å². The first-order valence-corrected chi connectivity index (χ1v) is 10.5. The van der Waals surface area contributed by atoms with E-state index >= 15 is 0 Å². The van der Waals surface area contributed by atoms with Crippen molar-refractivity contribution >= 4 is 23.1 Å². The molecule has 1 aliphatic rings. The summed E-state index contributed by atoms with van der Waals surface area (Å²) in [6, 6.07) is 0. The van der Waals surface area contributed by atoms with Crippen LogP contribution in [0.2, 0.25) is 0 Å². The van der Waals surface area contributed by atoms with Crippen molar-refractivity contribution in [3.63, 3.8) is 0 Å². The zero-order valence-corrected chi connectivity index (χ0v) is 18.7. The molecule has 0 radical (unpaired) electrons. The molecule has 1 rings (SSSR count). The molecule has 0 aromatic carbocycles. The average Bonchev–Trinajstić information content (AvgIpc) is 2.71. The molecule has 1 aliphatic carbocycles. The quantitative estimate of drug-likeness (QED) is 0.358. The van der Waals surface area contributed by atoms with Crippen molar-refractivity contribution in [2.45, 2.75) is 66.7 Å². The summed E-state index contributed by atoms with van der Waals surface area (Å²) in [4.78, 5) is 17.0. The molecule has 5 heteroatoms. The molecule has 0 aromatic rings. The van der Waals surface area contributed by atoms with Crippen LogP contribution in [0.1, 0.15) is 66.7 Å². The molecule has 0 heterocycles. The van der Waals surface area contributed by atoms with Crippen LogP contribution in [0.25, 0.3) is 0 Å². The van der Waals surface area contributed by atoms with Gasteiger partial charge in [0, 0.05) is 24.5 Å². The summed E-state index contributed by atoms with van der Waals surface area (Å²) >= 11 is 6.35. The van der Waals surface area contributed by atoms with Crippen molar-refractivity contribution in [1.29, 1.82) is 0 Å². The van der Waals surface area contributed by atoms with Crippen molar-refractivity contribution < 1.29 is 9.53 Å². The standard InChI is InChI=1S/C21H29ClN2O2.C2H6/c1-5-9-11-17(22)18(7-3)24-19-14-15(26-8-4)12-13-16(19)21(23)20(25)10-6-2;1-2/h5,9,11,14H,1,6-8,10,12-13,23H2,2-4H3;1-2H3/b11-9-,18-17-,21-16-,24-19+;. The number of nitrogens with two attached hydrogens (primary N) is 1. The Morgan fingerprint density at radius 1 is 1.32 bits per heavy atom. The number of halogens is 1. The maximum atomic E-state index is 12.3. The lowest BCUT2D eigenvalue weighted by molar-refractivity contribution is -0.115. The summed E-state index contributed by atoms with van der Waals surface area (Å²) in [5, 5.41) is 0.537. The molecule has 0 unspecified atom stereocenters. The number of ether oxygens (including phenoxy) is 1. The molecule has 0 saturated heterocycles. The predicted molar refractivity (Wildman–Crippen MR) is 121 cm³/mol. The van der Waals surface area contributed by atoms with E-state index in [9.17, 15) is 4.79 Å². The van der Waals surface area contributed by atoms with E-state index in [1.807, 2.05) is 40.7 Å². The van der Waals surface area contributed by atoms with Crippen LogP contribution in [0.4, 0.5) is 0 Å². The first kappa shape index (κ1) is 25.9. The lowest BCUT2D eigenvalue weighted by atomic mass is 9.93. The Kier molecular flexibility index (Phi) is 13.8.